The van der Waals surface area contributed by atoms with E-state index in [4.69, 9.17) is 4.74 Å². The Labute approximate surface area is 114 Å². The van der Waals surface area contributed by atoms with Crippen LogP contribution in [0, 0.1) is 5.41 Å². The Morgan fingerprint density at radius 2 is 2.17 bits per heavy atom. The zero-order valence-corrected chi connectivity index (χ0v) is 12.0. The predicted octanol–water partition coefficient (Wildman–Crippen LogP) is 3.19. The standard InChI is InChI=1S/C15H23NOS/c1-16-12-15(8-5-10-17-13-15)9-11-18-14-6-3-2-4-7-14/h2-4,6-7,16H,5,8-13H2,1H3. The molecule has 1 atom stereocenters. The molecular weight excluding hydrogens is 242 g/mol. The van der Waals surface area contributed by atoms with Gasteiger partial charge in [0.25, 0.3) is 0 Å². The molecule has 1 aromatic carbocycles. The van der Waals surface area contributed by atoms with Crippen molar-refractivity contribution in [3.63, 3.8) is 0 Å². The van der Waals surface area contributed by atoms with Crippen LogP contribution in [0.1, 0.15) is 19.3 Å². The van der Waals surface area contributed by atoms with Gasteiger partial charge in [-0.25, -0.2) is 0 Å². The second-order valence-corrected chi connectivity index (χ2v) is 6.27. The highest BCUT2D eigenvalue weighted by atomic mass is 32.2. The van der Waals surface area contributed by atoms with Gasteiger partial charge in [0.05, 0.1) is 6.61 Å². The first-order valence-electron chi connectivity index (χ1n) is 6.75. The first-order valence-corrected chi connectivity index (χ1v) is 7.73. The van der Waals surface area contributed by atoms with Crippen molar-refractivity contribution in [3.8, 4) is 0 Å². The summed E-state index contributed by atoms with van der Waals surface area (Å²) in [4.78, 5) is 1.37. The summed E-state index contributed by atoms with van der Waals surface area (Å²) in [6, 6.07) is 10.7. The molecule has 0 aliphatic carbocycles. The summed E-state index contributed by atoms with van der Waals surface area (Å²) in [7, 11) is 2.04. The number of hydrogen-bond acceptors (Lipinski definition) is 3. The van der Waals surface area contributed by atoms with Crippen LogP contribution in [0.3, 0.4) is 0 Å². The minimum absolute atomic E-state index is 0.356. The van der Waals surface area contributed by atoms with Crippen LogP contribution in [-0.2, 0) is 4.74 Å². The van der Waals surface area contributed by atoms with Crippen LogP contribution in [-0.4, -0.2) is 32.6 Å². The van der Waals surface area contributed by atoms with E-state index in [9.17, 15) is 0 Å². The molecule has 1 aromatic rings. The molecular formula is C15H23NOS. The van der Waals surface area contributed by atoms with Crippen molar-refractivity contribution in [2.24, 2.45) is 5.41 Å². The zero-order chi connectivity index (χ0) is 12.7. The third-order valence-electron chi connectivity index (χ3n) is 3.60. The Balaban J connectivity index is 1.82. The van der Waals surface area contributed by atoms with Gasteiger partial charge in [0.2, 0.25) is 0 Å². The molecule has 0 amide bonds. The highest BCUT2D eigenvalue weighted by Crippen LogP contribution is 2.34. The zero-order valence-electron chi connectivity index (χ0n) is 11.2. The summed E-state index contributed by atoms with van der Waals surface area (Å²) < 4.78 is 5.69. The van der Waals surface area contributed by atoms with Gasteiger partial charge in [-0.15, -0.1) is 11.8 Å². The normalized spacial score (nSPS) is 24.1. The van der Waals surface area contributed by atoms with E-state index < -0.39 is 0 Å². The van der Waals surface area contributed by atoms with Crippen molar-refractivity contribution in [2.45, 2.75) is 24.2 Å². The minimum atomic E-state index is 0.356. The van der Waals surface area contributed by atoms with E-state index >= 15 is 0 Å². The maximum Gasteiger partial charge on any atom is 0.0534 e. The van der Waals surface area contributed by atoms with E-state index in [2.05, 4.69) is 35.6 Å². The van der Waals surface area contributed by atoms with Gasteiger partial charge < -0.3 is 10.1 Å². The molecule has 1 aliphatic rings. The molecule has 100 valence electrons. The van der Waals surface area contributed by atoms with E-state index in [1.807, 2.05) is 18.8 Å². The number of nitrogens with one attached hydrogen (secondary N) is 1. The SMILES string of the molecule is CNCC1(CCSc2ccccc2)CCCOC1. The van der Waals surface area contributed by atoms with Gasteiger partial charge in [0, 0.05) is 23.5 Å². The number of hydrogen-bond donors (Lipinski definition) is 1. The molecule has 2 nitrogen and oxygen atoms in total. The molecule has 3 heteroatoms. The lowest BCUT2D eigenvalue weighted by molar-refractivity contribution is -0.00781. The first kappa shape index (κ1) is 13.9. The second kappa shape index (κ2) is 7.17. The molecule has 0 aromatic heterocycles. The molecule has 1 fully saturated rings. The lowest BCUT2D eigenvalue weighted by atomic mass is 9.80. The van der Waals surface area contributed by atoms with Gasteiger partial charge in [-0.3, -0.25) is 0 Å². The predicted molar refractivity (Wildman–Crippen MR) is 78.2 cm³/mol. The summed E-state index contributed by atoms with van der Waals surface area (Å²) in [6.07, 6.45) is 3.73. The largest absolute Gasteiger partial charge is 0.381 e. The fraction of sp³-hybridized carbons (Fsp3) is 0.600. The molecule has 0 bridgehead atoms. The molecule has 18 heavy (non-hydrogen) atoms. The Kier molecular flexibility index (Phi) is 5.54. The first-order chi connectivity index (χ1) is 8.85. The van der Waals surface area contributed by atoms with E-state index in [0.29, 0.717) is 5.41 Å². The average molecular weight is 265 g/mol. The monoisotopic (exact) mass is 265 g/mol. The number of ether oxygens (including phenoxy) is 1. The molecule has 1 saturated heterocycles. The number of thioether (sulfide) groups is 1. The Morgan fingerprint density at radius 3 is 2.83 bits per heavy atom. The number of rotatable bonds is 6. The van der Waals surface area contributed by atoms with Crippen molar-refractivity contribution in [2.75, 3.05) is 32.6 Å². The highest BCUT2D eigenvalue weighted by Gasteiger charge is 2.31. The molecule has 1 N–H and O–H groups in total. The van der Waals surface area contributed by atoms with Crippen molar-refractivity contribution in [1.82, 2.24) is 5.32 Å². The highest BCUT2D eigenvalue weighted by molar-refractivity contribution is 7.99. The molecule has 1 heterocycles. The fourth-order valence-electron chi connectivity index (χ4n) is 2.61. The third kappa shape index (κ3) is 4.01. The van der Waals surface area contributed by atoms with Crippen LogP contribution in [0.5, 0.6) is 0 Å². The van der Waals surface area contributed by atoms with Gasteiger partial charge in [0.15, 0.2) is 0 Å². The summed E-state index contributed by atoms with van der Waals surface area (Å²) in [5, 5.41) is 3.34. The summed E-state index contributed by atoms with van der Waals surface area (Å²) >= 11 is 1.96. The Hall–Kier alpha value is -0.510. The van der Waals surface area contributed by atoms with Gasteiger partial charge in [-0.05, 0) is 44.2 Å². The van der Waals surface area contributed by atoms with E-state index in [-0.39, 0.29) is 0 Å². The van der Waals surface area contributed by atoms with Gasteiger partial charge in [-0.2, -0.15) is 0 Å². The lowest BCUT2D eigenvalue weighted by Crippen LogP contribution is -2.40. The van der Waals surface area contributed by atoms with Crippen molar-refractivity contribution < 1.29 is 4.74 Å². The molecule has 0 saturated carbocycles. The van der Waals surface area contributed by atoms with Crippen LogP contribution in [0.25, 0.3) is 0 Å². The quantitative estimate of drug-likeness (QED) is 0.798. The second-order valence-electron chi connectivity index (χ2n) is 5.10. The average Bonchev–Trinajstić information content (AvgIpc) is 2.41. The minimum Gasteiger partial charge on any atom is -0.381 e. The van der Waals surface area contributed by atoms with Gasteiger partial charge in [-0.1, -0.05) is 18.2 Å². The van der Waals surface area contributed by atoms with Crippen molar-refractivity contribution >= 4 is 11.8 Å². The Bertz CT molecular complexity index is 330. The van der Waals surface area contributed by atoms with Crippen LogP contribution in [0.2, 0.25) is 0 Å². The van der Waals surface area contributed by atoms with Crippen LogP contribution in [0.4, 0.5) is 0 Å². The molecule has 0 radical (unpaired) electrons. The van der Waals surface area contributed by atoms with E-state index in [1.54, 1.807) is 0 Å². The summed E-state index contributed by atoms with van der Waals surface area (Å²) in [5.74, 6) is 1.18. The maximum absolute atomic E-state index is 5.69. The maximum atomic E-state index is 5.69. The van der Waals surface area contributed by atoms with Crippen LogP contribution in [0.15, 0.2) is 35.2 Å². The fourth-order valence-corrected chi connectivity index (χ4v) is 3.73. The smallest absolute Gasteiger partial charge is 0.0534 e. The van der Waals surface area contributed by atoms with Crippen molar-refractivity contribution in [3.05, 3.63) is 30.3 Å². The van der Waals surface area contributed by atoms with E-state index in [1.165, 1.54) is 29.9 Å². The summed E-state index contributed by atoms with van der Waals surface area (Å²) in [6.45, 7) is 2.93. The molecule has 2 rings (SSSR count). The molecule has 1 unspecified atom stereocenters. The lowest BCUT2D eigenvalue weighted by Gasteiger charge is -2.37. The van der Waals surface area contributed by atoms with Crippen molar-refractivity contribution in [1.29, 1.82) is 0 Å². The van der Waals surface area contributed by atoms with Crippen LogP contribution >= 0.6 is 11.8 Å². The molecule has 0 spiro atoms. The summed E-state index contributed by atoms with van der Waals surface area (Å²) in [5.41, 5.74) is 0.356. The van der Waals surface area contributed by atoms with Gasteiger partial charge >= 0.3 is 0 Å². The van der Waals surface area contributed by atoms with Gasteiger partial charge in [0.1, 0.15) is 0 Å². The van der Waals surface area contributed by atoms with Crippen LogP contribution < -0.4 is 5.32 Å². The number of benzene rings is 1. The topological polar surface area (TPSA) is 21.3 Å². The third-order valence-corrected chi connectivity index (χ3v) is 4.61. The Morgan fingerprint density at radius 1 is 1.33 bits per heavy atom. The van der Waals surface area contributed by atoms with E-state index in [0.717, 1.165) is 19.8 Å². The molecule has 1 aliphatic heterocycles.